The first-order valence-electron chi connectivity index (χ1n) is 6.27. The first kappa shape index (κ1) is 15.1. The van der Waals surface area contributed by atoms with Gasteiger partial charge in [0, 0.05) is 13.5 Å². The summed E-state index contributed by atoms with van der Waals surface area (Å²) in [6.07, 6.45) is 0.131. The van der Waals surface area contributed by atoms with Gasteiger partial charge in [0.25, 0.3) is 0 Å². The van der Waals surface area contributed by atoms with E-state index in [1.165, 1.54) is 6.07 Å². The van der Waals surface area contributed by atoms with Crippen LogP contribution in [0.15, 0.2) is 22.7 Å². The fourth-order valence-corrected chi connectivity index (χ4v) is 2.84. The van der Waals surface area contributed by atoms with Crippen LogP contribution in [-0.2, 0) is 19.9 Å². The van der Waals surface area contributed by atoms with Gasteiger partial charge in [0.15, 0.2) is 11.6 Å². The molecule has 1 aromatic heterocycles. The maximum Gasteiger partial charge on any atom is 0.159 e. The number of aryl methyl sites for hydroxylation is 2. The summed E-state index contributed by atoms with van der Waals surface area (Å²) in [5, 5.41) is 14.5. The second-order valence-corrected chi connectivity index (χ2v) is 5.37. The third-order valence-electron chi connectivity index (χ3n) is 3.22. The molecule has 0 spiro atoms. The first-order valence-corrected chi connectivity index (χ1v) is 7.06. The van der Waals surface area contributed by atoms with Crippen LogP contribution in [0.25, 0.3) is 0 Å². The smallest absolute Gasteiger partial charge is 0.159 e. The van der Waals surface area contributed by atoms with Crippen LogP contribution < -0.4 is 0 Å². The number of aliphatic hydroxyl groups excluding tert-OH is 1. The van der Waals surface area contributed by atoms with Gasteiger partial charge in [0.05, 0.1) is 22.0 Å². The highest BCUT2D eigenvalue weighted by Crippen LogP contribution is 2.27. The zero-order chi connectivity index (χ0) is 14.9. The Balaban J connectivity index is 2.25. The van der Waals surface area contributed by atoms with Crippen molar-refractivity contribution in [3.05, 3.63) is 51.3 Å². The highest BCUT2D eigenvalue weighted by atomic mass is 79.9. The van der Waals surface area contributed by atoms with Crippen molar-refractivity contribution in [2.75, 3.05) is 0 Å². The van der Waals surface area contributed by atoms with Gasteiger partial charge >= 0.3 is 0 Å². The molecule has 108 valence electrons. The van der Waals surface area contributed by atoms with Gasteiger partial charge in [0.1, 0.15) is 0 Å². The number of benzene rings is 1. The summed E-state index contributed by atoms with van der Waals surface area (Å²) in [5.41, 5.74) is 2.06. The van der Waals surface area contributed by atoms with Gasteiger partial charge in [-0.05, 0) is 40.0 Å². The zero-order valence-corrected chi connectivity index (χ0v) is 12.8. The highest BCUT2D eigenvalue weighted by Gasteiger charge is 2.18. The van der Waals surface area contributed by atoms with E-state index in [9.17, 15) is 13.9 Å². The van der Waals surface area contributed by atoms with E-state index in [-0.39, 0.29) is 6.42 Å². The Morgan fingerprint density at radius 2 is 2.05 bits per heavy atom. The molecule has 1 heterocycles. The van der Waals surface area contributed by atoms with Gasteiger partial charge < -0.3 is 5.11 Å². The quantitative estimate of drug-likeness (QED) is 0.923. The van der Waals surface area contributed by atoms with Gasteiger partial charge in [-0.25, -0.2) is 8.78 Å². The molecule has 1 aromatic carbocycles. The van der Waals surface area contributed by atoms with Crippen molar-refractivity contribution in [1.29, 1.82) is 0 Å². The average molecular weight is 345 g/mol. The predicted molar refractivity (Wildman–Crippen MR) is 75.3 cm³/mol. The van der Waals surface area contributed by atoms with Gasteiger partial charge in [0.2, 0.25) is 0 Å². The SMILES string of the molecule is CCc1nn(C)c(CC(O)c2ccc(F)c(F)c2)c1Br. The number of halogens is 3. The molecule has 6 heteroatoms. The van der Waals surface area contributed by atoms with E-state index in [2.05, 4.69) is 21.0 Å². The van der Waals surface area contributed by atoms with Crippen LogP contribution in [0, 0.1) is 11.6 Å². The van der Waals surface area contributed by atoms with Crippen LogP contribution in [0.1, 0.15) is 30.0 Å². The Morgan fingerprint density at radius 3 is 2.60 bits per heavy atom. The van der Waals surface area contributed by atoms with Crippen LogP contribution in [0.3, 0.4) is 0 Å². The summed E-state index contributed by atoms with van der Waals surface area (Å²) >= 11 is 3.46. The Bertz CT molecular complexity index is 628. The van der Waals surface area contributed by atoms with Crippen molar-refractivity contribution >= 4 is 15.9 Å². The van der Waals surface area contributed by atoms with E-state index < -0.39 is 17.7 Å². The van der Waals surface area contributed by atoms with E-state index in [4.69, 9.17) is 0 Å². The lowest BCUT2D eigenvalue weighted by Crippen LogP contribution is -2.07. The normalized spacial score (nSPS) is 12.7. The number of nitrogens with zero attached hydrogens (tertiary/aromatic N) is 2. The highest BCUT2D eigenvalue weighted by molar-refractivity contribution is 9.10. The maximum absolute atomic E-state index is 13.2. The fourth-order valence-electron chi connectivity index (χ4n) is 2.06. The summed E-state index contributed by atoms with van der Waals surface area (Å²) in [5.74, 6) is -1.88. The molecule has 0 saturated heterocycles. The van der Waals surface area contributed by atoms with Crippen molar-refractivity contribution in [3.8, 4) is 0 Å². The molecule has 3 nitrogen and oxygen atoms in total. The average Bonchev–Trinajstić information content (AvgIpc) is 2.69. The predicted octanol–water partition coefficient (Wildman–Crippen LogP) is 3.30. The summed E-state index contributed by atoms with van der Waals surface area (Å²) in [6, 6.07) is 3.42. The number of aromatic nitrogens is 2. The van der Waals surface area contributed by atoms with Crippen molar-refractivity contribution in [3.63, 3.8) is 0 Å². The molecule has 20 heavy (non-hydrogen) atoms. The first-order chi connectivity index (χ1) is 9.43. The van der Waals surface area contributed by atoms with Crippen LogP contribution in [0.2, 0.25) is 0 Å². The standard InChI is InChI=1S/C14H15BrF2N2O/c1-3-11-14(15)12(19(2)18-11)7-13(20)8-4-5-9(16)10(17)6-8/h4-6,13,20H,3,7H2,1-2H3. The molecule has 1 unspecified atom stereocenters. The topological polar surface area (TPSA) is 38.0 Å². The van der Waals surface area contributed by atoms with Crippen LogP contribution in [0.5, 0.6) is 0 Å². The Morgan fingerprint density at radius 1 is 1.35 bits per heavy atom. The van der Waals surface area contributed by atoms with E-state index in [1.807, 2.05) is 6.92 Å². The number of hydrogen-bond donors (Lipinski definition) is 1. The van der Waals surface area contributed by atoms with Crippen molar-refractivity contribution < 1.29 is 13.9 Å². The molecular formula is C14H15BrF2N2O. The monoisotopic (exact) mass is 344 g/mol. The molecule has 0 saturated carbocycles. The Labute approximate surface area is 124 Å². The molecule has 0 aliphatic carbocycles. The molecule has 0 aliphatic heterocycles. The van der Waals surface area contributed by atoms with Gasteiger partial charge in [-0.2, -0.15) is 5.10 Å². The van der Waals surface area contributed by atoms with Gasteiger partial charge in [-0.15, -0.1) is 0 Å². The summed E-state index contributed by atoms with van der Waals surface area (Å²) in [4.78, 5) is 0. The molecule has 2 aromatic rings. The number of hydrogen-bond acceptors (Lipinski definition) is 2. The van der Waals surface area contributed by atoms with Crippen molar-refractivity contribution in [1.82, 2.24) is 9.78 Å². The molecule has 0 bridgehead atoms. The minimum Gasteiger partial charge on any atom is -0.388 e. The Kier molecular flexibility index (Phi) is 4.55. The molecule has 1 N–H and O–H groups in total. The maximum atomic E-state index is 13.2. The van der Waals surface area contributed by atoms with Crippen LogP contribution in [-0.4, -0.2) is 14.9 Å². The minimum atomic E-state index is -0.958. The van der Waals surface area contributed by atoms with Gasteiger partial charge in [-0.1, -0.05) is 13.0 Å². The lowest BCUT2D eigenvalue weighted by atomic mass is 10.0. The summed E-state index contributed by atoms with van der Waals surface area (Å²) in [7, 11) is 1.79. The van der Waals surface area contributed by atoms with Crippen molar-refractivity contribution in [2.24, 2.45) is 7.05 Å². The van der Waals surface area contributed by atoms with E-state index in [0.29, 0.717) is 5.56 Å². The van der Waals surface area contributed by atoms with E-state index in [0.717, 1.165) is 34.4 Å². The fraction of sp³-hybridized carbons (Fsp3) is 0.357. The molecule has 0 aliphatic rings. The Hall–Kier alpha value is -1.27. The number of aliphatic hydroxyl groups is 1. The lowest BCUT2D eigenvalue weighted by molar-refractivity contribution is 0.175. The largest absolute Gasteiger partial charge is 0.388 e. The molecule has 0 radical (unpaired) electrons. The van der Waals surface area contributed by atoms with Crippen LogP contribution >= 0.6 is 15.9 Å². The second-order valence-electron chi connectivity index (χ2n) is 4.58. The summed E-state index contributed by atoms with van der Waals surface area (Å²) in [6.45, 7) is 1.99. The lowest BCUT2D eigenvalue weighted by Gasteiger charge is -2.12. The third kappa shape index (κ3) is 2.91. The summed E-state index contributed by atoms with van der Waals surface area (Å²) < 4.78 is 28.6. The molecule has 1 atom stereocenters. The minimum absolute atomic E-state index is 0.273. The third-order valence-corrected chi connectivity index (χ3v) is 4.13. The van der Waals surface area contributed by atoms with Gasteiger partial charge in [-0.3, -0.25) is 4.68 Å². The molecule has 0 fully saturated rings. The van der Waals surface area contributed by atoms with Crippen molar-refractivity contribution in [2.45, 2.75) is 25.9 Å². The zero-order valence-electron chi connectivity index (χ0n) is 11.2. The molecular weight excluding hydrogens is 330 g/mol. The second kappa shape index (κ2) is 6.01. The van der Waals surface area contributed by atoms with E-state index >= 15 is 0 Å². The van der Waals surface area contributed by atoms with Crippen LogP contribution in [0.4, 0.5) is 8.78 Å². The number of rotatable bonds is 4. The van der Waals surface area contributed by atoms with E-state index in [1.54, 1.807) is 11.7 Å². The molecule has 2 rings (SSSR count). The molecule has 0 amide bonds.